The molecule has 0 spiro atoms. The summed E-state index contributed by atoms with van der Waals surface area (Å²) in [6, 6.07) is 15.4. The molecule has 0 radical (unpaired) electrons. The van der Waals surface area contributed by atoms with Gasteiger partial charge in [0, 0.05) is 10.6 Å². The zero-order chi connectivity index (χ0) is 11.4. The highest BCUT2D eigenvalue weighted by Gasteiger charge is 1.97. The van der Waals surface area contributed by atoms with Crippen LogP contribution >= 0.6 is 11.8 Å². The van der Waals surface area contributed by atoms with Gasteiger partial charge in [-0.15, -0.1) is 11.8 Å². The van der Waals surface area contributed by atoms with Crippen molar-refractivity contribution in [2.75, 3.05) is 12.0 Å². The van der Waals surface area contributed by atoms with E-state index in [1.54, 1.807) is 11.8 Å². The van der Waals surface area contributed by atoms with Crippen LogP contribution in [0.25, 0.3) is 0 Å². The minimum Gasteiger partial charge on any atom is -0.457 e. The van der Waals surface area contributed by atoms with E-state index < -0.39 is 0 Å². The summed E-state index contributed by atoms with van der Waals surface area (Å²) in [5.74, 6) is 1.63. The van der Waals surface area contributed by atoms with Gasteiger partial charge in [0.05, 0.1) is 0 Å². The Balaban J connectivity index is 2.11. The Morgan fingerprint density at radius 3 is 1.88 bits per heavy atom. The van der Waals surface area contributed by atoms with Gasteiger partial charge in [0.15, 0.2) is 0 Å². The molecular weight excluding hydrogens is 218 g/mol. The average molecular weight is 231 g/mol. The number of nitrogens with two attached hydrogens (primary N) is 1. The van der Waals surface area contributed by atoms with Crippen LogP contribution < -0.4 is 10.5 Å². The van der Waals surface area contributed by atoms with E-state index in [1.165, 1.54) is 4.90 Å². The molecule has 0 aliphatic carbocycles. The normalized spacial score (nSPS) is 10.1. The quantitative estimate of drug-likeness (QED) is 0.645. The molecule has 0 fully saturated rings. The third kappa shape index (κ3) is 2.70. The van der Waals surface area contributed by atoms with Crippen molar-refractivity contribution in [3.05, 3.63) is 48.5 Å². The summed E-state index contributed by atoms with van der Waals surface area (Å²) in [4.78, 5) is 1.23. The van der Waals surface area contributed by atoms with Crippen LogP contribution in [0.15, 0.2) is 53.4 Å². The van der Waals surface area contributed by atoms with Gasteiger partial charge in [0.25, 0.3) is 0 Å². The average Bonchev–Trinajstić information content (AvgIpc) is 2.33. The Labute approximate surface area is 99.4 Å². The van der Waals surface area contributed by atoms with Crippen molar-refractivity contribution in [2.45, 2.75) is 4.90 Å². The van der Waals surface area contributed by atoms with Gasteiger partial charge in [0.2, 0.25) is 0 Å². The zero-order valence-electron chi connectivity index (χ0n) is 9.01. The molecule has 0 aliphatic heterocycles. The lowest BCUT2D eigenvalue weighted by Gasteiger charge is -2.06. The molecule has 0 aromatic heterocycles. The lowest BCUT2D eigenvalue weighted by molar-refractivity contribution is 0.482. The maximum atomic E-state index is 5.67. The van der Waals surface area contributed by atoms with Gasteiger partial charge in [-0.3, -0.25) is 0 Å². The summed E-state index contributed by atoms with van der Waals surface area (Å²) in [7, 11) is 0. The molecule has 3 heteroatoms. The summed E-state index contributed by atoms with van der Waals surface area (Å²) < 4.78 is 5.67. The van der Waals surface area contributed by atoms with Gasteiger partial charge in [-0.25, -0.2) is 0 Å². The molecule has 0 aliphatic rings. The largest absolute Gasteiger partial charge is 0.457 e. The maximum Gasteiger partial charge on any atom is 0.127 e. The number of hydrogen-bond acceptors (Lipinski definition) is 3. The highest BCUT2D eigenvalue weighted by atomic mass is 32.2. The first kappa shape index (κ1) is 10.9. The molecule has 0 amide bonds. The molecule has 2 N–H and O–H groups in total. The van der Waals surface area contributed by atoms with E-state index in [4.69, 9.17) is 10.5 Å². The van der Waals surface area contributed by atoms with Crippen LogP contribution in [0.5, 0.6) is 11.5 Å². The van der Waals surface area contributed by atoms with Crippen LogP contribution in [0.3, 0.4) is 0 Å². The van der Waals surface area contributed by atoms with Crippen molar-refractivity contribution >= 4 is 17.4 Å². The van der Waals surface area contributed by atoms with Crippen LogP contribution in [-0.4, -0.2) is 6.26 Å². The van der Waals surface area contributed by atoms with E-state index in [1.807, 2.05) is 48.5 Å². The Hall–Kier alpha value is -1.61. The number of hydrogen-bond donors (Lipinski definition) is 1. The molecule has 0 saturated carbocycles. The predicted molar refractivity (Wildman–Crippen MR) is 69.2 cm³/mol. The Kier molecular flexibility index (Phi) is 3.37. The van der Waals surface area contributed by atoms with Crippen LogP contribution in [0.4, 0.5) is 5.69 Å². The molecule has 2 aromatic rings. The van der Waals surface area contributed by atoms with Gasteiger partial charge in [-0.2, -0.15) is 0 Å². The highest BCUT2D eigenvalue weighted by Crippen LogP contribution is 2.24. The van der Waals surface area contributed by atoms with E-state index in [-0.39, 0.29) is 0 Å². The van der Waals surface area contributed by atoms with Gasteiger partial charge in [-0.1, -0.05) is 0 Å². The van der Waals surface area contributed by atoms with E-state index in [0.29, 0.717) is 0 Å². The predicted octanol–water partition coefficient (Wildman–Crippen LogP) is 3.78. The lowest BCUT2D eigenvalue weighted by Crippen LogP contribution is -1.86. The third-order valence-electron chi connectivity index (χ3n) is 2.18. The third-order valence-corrected chi connectivity index (χ3v) is 2.92. The number of anilines is 1. The van der Waals surface area contributed by atoms with Gasteiger partial charge >= 0.3 is 0 Å². The molecule has 2 aromatic carbocycles. The molecule has 0 bridgehead atoms. The lowest BCUT2D eigenvalue weighted by atomic mass is 10.3. The van der Waals surface area contributed by atoms with Crippen molar-refractivity contribution in [2.24, 2.45) is 0 Å². The standard InChI is InChI=1S/C13H13NOS/c1-16-13-8-6-12(7-9-13)15-11-4-2-10(14)3-5-11/h2-9H,14H2,1H3. The fourth-order valence-electron chi connectivity index (χ4n) is 1.32. The summed E-state index contributed by atoms with van der Waals surface area (Å²) in [6.07, 6.45) is 2.05. The van der Waals surface area contributed by atoms with Crippen LogP contribution in [0, 0.1) is 0 Å². The minimum absolute atomic E-state index is 0.741. The summed E-state index contributed by atoms with van der Waals surface area (Å²) in [6.45, 7) is 0. The topological polar surface area (TPSA) is 35.2 Å². The number of ether oxygens (including phenoxy) is 1. The van der Waals surface area contributed by atoms with E-state index >= 15 is 0 Å². The van der Waals surface area contributed by atoms with Gasteiger partial charge in [-0.05, 0) is 54.8 Å². The second-order valence-electron chi connectivity index (χ2n) is 3.35. The molecule has 82 valence electrons. The van der Waals surface area contributed by atoms with Crippen LogP contribution in [-0.2, 0) is 0 Å². The molecule has 0 saturated heterocycles. The number of thioether (sulfide) groups is 1. The van der Waals surface area contributed by atoms with Crippen molar-refractivity contribution in [1.29, 1.82) is 0 Å². The van der Waals surface area contributed by atoms with Crippen molar-refractivity contribution in [3.63, 3.8) is 0 Å². The molecule has 16 heavy (non-hydrogen) atoms. The number of benzene rings is 2. The van der Waals surface area contributed by atoms with Crippen LogP contribution in [0.1, 0.15) is 0 Å². The van der Waals surface area contributed by atoms with E-state index in [9.17, 15) is 0 Å². The van der Waals surface area contributed by atoms with E-state index in [0.717, 1.165) is 17.2 Å². The first-order chi connectivity index (χ1) is 7.78. The monoisotopic (exact) mass is 231 g/mol. The molecule has 0 unspecified atom stereocenters. The van der Waals surface area contributed by atoms with Gasteiger partial charge in [0.1, 0.15) is 11.5 Å². The summed E-state index contributed by atoms with van der Waals surface area (Å²) in [5.41, 5.74) is 6.34. The maximum absolute atomic E-state index is 5.67. The number of nitrogen functional groups attached to an aromatic ring is 1. The molecule has 2 nitrogen and oxygen atoms in total. The first-order valence-electron chi connectivity index (χ1n) is 4.95. The number of rotatable bonds is 3. The minimum atomic E-state index is 0.741. The molecular formula is C13H13NOS. The molecule has 0 atom stereocenters. The molecule has 0 heterocycles. The van der Waals surface area contributed by atoms with Crippen LogP contribution in [0.2, 0.25) is 0 Å². The summed E-state index contributed by atoms with van der Waals surface area (Å²) in [5, 5.41) is 0. The SMILES string of the molecule is CSc1ccc(Oc2ccc(N)cc2)cc1. The fraction of sp³-hybridized carbons (Fsp3) is 0.0769. The van der Waals surface area contributed by atoms with Crippen molar-refractivity contribution in [3.8, 4) is 11.5 Å². The summed E-state index contributed by atoms with van der Waals surface area (Å²) >= 11 is 1.71. The van der Waals surface area contributed by atoms with Crippen molar-refractivity contribution < 1.29 is 4.74 Å². The van der Waals surface area contributed by atoms with Gasteiger partial charge < -0.3 is 10.5 Å². The van der Waals surface area contributed by atoms with Crippen molar-refractivity contribution in [1.82, 2.24) is 0 Å². The Bertz CT molecular complexity index is 450. The first-order valence-corrected chi connectivity index (χ1v) is 6.18. The Morgan fingerprint density at radius 2 is 1.38 bits per heavy atom. The zero-order valence-corrected chi connectivity index (χ0v) is 9.83. The highest BCUT2D eigenvalue weighted by molar-refractivity contribution is 7.98. The second-order valence-corrected chi connectivity index (χ2v) is 4.23. The Morgan fingerprint density at radius 1 is 0.875 bits per heavy atom. The second kappa shape index (κ2) is 4.94. The molecule has 2 rings (SSSR count). The fourth-order valence-corrected chi connectivity index (χ4v) is 1.72. The smallest absolute Gasteiger partial charge is 0.127 e. The van der Waals surface area contributed by atoms with E-state index in [2.05, 4.69) is 6.26 Å².